The van der Waals surface area contributed by atoms with Crippen molar-refractivity contribution in [2.75, 3.05) is 6.54 Å². The van der Waals surface area contributed by atoms with Gasteiger partial charge in [0.2, 0.25) is 5.91 Å². The van der Waals surface area contributed by atoms with E-state index in [2.05, 4.69) is 36.5 Å². The number of rotatable bonds is 8. The minimum absolute atomic E-state index is 0.0573. The van der Waals surface area contributed by atoms with E-state index in [4.69, 9.17) is 4.84 Å². The van der Waals surface area contributed by atoms with Gasteiger partial charge in [0.1, 0.15) is 6.10 Å². The number of unbranched alkanes of at least 4 members (excludes halogenated alkanes) is 3. The van der Waals surface area contributed by atoms with Crippen LogP contribution in [0, 0.1) is 6.92 Å². The second kappa shape index (κ2) is 8.57. The highest BCUT2D eigenvalue weighted by molar-refractivity contribution is 6.01. The van der Waals surface area contributed by atoms with Crippen LogP contribution in [0.4, 0.5) is 0 Å². The number of hydrogen-bond acceptors (Lipinski definition) is 3. The molecule has 0 saturated carbocycles. The van der Waals surface area contributed by atoms with Gasteiger partial charge >= 0.3 is 0 Å². The van der Waals surface area contributed by atoms with Gasteiger partial charge in [0.25, 0.3) is 0 Å². The fourth-order valence-electron chi connectivity index (χ4n) is 2.51. The molecule has 1 atom stereocenters. The zero-order valence-corrected chi connectivity index (χ0v) is 13.6. The first-order valence-corrected chi connectivity index (χ1v) is 8.25. The van der Waals surface area contributed by atoms with E-state index in [1.54, 1.807) is 0 Å². The second-order valence-electron chi connectivity index (χ2n) is 5.95. The molecule has 1 aromatic carbocycles. The molecule has 0 aromatic heterocycles. The first-order valence-electron chi connectivity index (χ1n) is 8.25. The smallest absolute Gasteiger partial charge is 0.223 e. The summed E-state index contributed by atoms with van der Waals surface area (Å²) in [5, 5.41) is 7.09. The van der Waals surface area contributed by atoms with Crippen LogP contribution >= 0.6 is 0 Å². The number of nitrogens with one attached hydrogen (secondary N) is 1. The second-order valence-corrected chi connectivity index (χ2v) is 5.95. The van der Waals surface area contributed by atoms with Gasteiger partial charge in [-0.1, -0.05) is 61.2 Å². The van der Waals surface area contributed by atoms with E-state index < -0.39 is 0 Å². The number of amides is 1. The van der Waals surface area contributed by atoms with E-state index in [-0.39, 0.29) is 12.0 Å². The largest absolute Gasteiger partial charge is 0.391 e. The van der Waals surface area contributed by atoms with E-state index in [1.807, 2.05) is 12.1 Å². The summed E-state index contributed by atoms with van der Waals surface area (Å²) in [5.74, 6) is 0.0573. The summed E-state index contributed by atoms with van der Waals surface area (Å²) in [4.78, 5) is 17.3. The lowest BCUT2D eigenvalue weighted by Gasteiger charge is -2.09. The Morgan fingerprint density at radius 3 is 2.77 bits per heavy atom. The van der Waals surface area contributed by atoms with Crippen molar-refractivity contribution < 1.29 is 9.63 Å². The van der Waals surface area contributed by atoms with Crippen molar-refractivity contribution in [2.24, 2.45) is 5.16 Å². The Morgan fingerprint density at radius 2 is 2.05 bits per heavy atom. The summed E-state index contributed by atoms with van der Waals surface area (Å²) in [7, 11) is 0. The summed E-state index contributed by atoms with van der Waals surface area (Å²) in [6, 6.07) is 8.23. The normalized spacial score (nSPS) is 17.0. The van der Waals surface area contributed by atoms with Crippen LogP contribution in [0.2, 0.25) is 0 Å². The number of hydrogen-bond donors (Lipinski definition) is 1. The van der Waals surface area contributed by atoms with Gasteiger partial charge in [0, 0.05) is 13.0 Å². The van der Waals surface area contributed by atoms with Crippen LogP contribution in [-0.2, 0) is 9.63 Å². The van der Waals surface area contributed by atoms with E-state index in [0.29, 0.717) is 12.8 Å². The third kappa shape index (κ3) is 5.17. The molecule has 4 nitrogen and oxygen atoms in total. The van der Waals surface area contributed by atoms with Crippen LogP contribution in [-0.4, -0.2) is 24.3 Å². The zero-order valence-electron chi connectivity index (χ0n) is 13.6. The number of benzene rings is 1. The Kier molecular flexibility index (Phi) is 6.44. The average molecular weight is 302 g/mol. The van der Waals surface area contributed by atoms with Gasteiger partial charge in [-0.25, -0.2) is 0 Å². The minimum atomic E-state index is -0.132. The average Bonchev–Trinajstić information content (AvgIpc) is 2.96. The van der Waals surface area contributed by atoms with Crippen molar-refractivity contribution in [3.05, 3.63) is 35.4 Å². The first-order chi connectivity index (χ1) is 10.7. The minimum Gasteiger partial charge on any atom is -0.391 e. The maximum Gasteiger partial charge on any atom is 0.223 e. The molecule has 1 aromatic rings. The Hall–Kier alpha value is -1.84. The number of carbonyl (C=O) groups is 1. The lowest BCUT2D eigenvalue weighted by Crippen LogP contribution is -2.28. The van der Waals surface area contributed by atoms with Crippen molar-refractivity contribution in [1.82, 2.24) is 5.32 Å². The van der Waals surface area contributed by atoms with E-state index in [9.17, 15) is 4.79 Å². The van der Waals surface area contributed by atoms with Crippen LogP contribution in [0.5, 0.6) is 0 Å². The van der Waals surface area contributed by atoms with Gasteiger partial charge in [-0.05, 0) is 18.9 Å². The van der Waals surface area contributed by atoms with E-state index >= 15 is 0 Å². The van der Waals surface area contributed by atoms with Gasteiger partial charge in [-0.2, -0.15) is 0 Å². The molecule has 1 unspecified atom stereocenters. The number of nitrogens with zero attached hydrogens (tertiary/aromatic N) is 1. The molecule has 1 aliphatic heterocycles. The van der Waals surface area contributed by atoms with Gasteiger partial charge in [0.15, 0.2) is 0 Å². The molecule has 1 amide bonds. The maximum atomic E-state index is 11.9. The van der Waals surface area contributed by atoms with E-state index in [0.717, 1.165) is 24.2 Å². The number of carbonyl (C=O) groups excluding carboxylic acids is 1. The predicted molar refractivity (Wildman–Crippen MR) is 89.0 cm³/mol. The molecule has 22 heavy (non-hydrogen) atoms. The summed E-state index contributed by atoms with van der Waals surface area (Å²) >= 11 is 0. The lowest BCUT2D eigenvalue weighted by atomic mass is 10.0. The van der Waals surface area contributed by atoms with Gasteiger partial charge in [-0.3, -0.25) is 4.79 Å². The van der Waals surface area contributed by atoms with Gasteiger partial charge in [-0.15, -0.1) is 0 Å². The molecule has 0 aliphatic carbocycles. The van der Waals surface area contributed by atoms with Gasteiger partial charge < -0.3 is 10.2 Å². The molecule has 1 heterocycles. The lowest BCUT2D eigenvalue weighted by molar-refractivity contribution is -0.123. The summed E-state index contributed by atoms with van der Waals surface area (Å²) in [6.07, 6.45) is 5.62. The highest BCUT2D eigenvalue weighted by Crippen LogP contribution is 2.19. The monoisotopic (exact) mass is 302 g/mol. The molecular weight excluding hydrogens is 276 g/mol. The van der Waals surface area contributed by atoms with Crippen LogP contribution in [0.25, 0.3) is 0 Å². The van der Waals surface area contributed by atoms with Crippen LogP contribution < -0.4 is 5.32 Å². The Morgan fingerprint density at radius 1 is 1.27 bits per heavy atom. The van der Waals surface area contributed by atoms with Crippen LogP contribution in [0.1, 0.15) is 56.6 Å². The first kappa shape index (κ1) is 16.5. The highest BCUT2D eigenvalue weighted by atomic mass is 16.6. The molecule has 0 radical (unpaired) electrons. The van der Waals surface area contributed by atoms with Gasteiger partial charge in [0.05, 0.1) is 12.1 Å². The SMILES string of the molecule is CCCCCCNC(=O)CC1CC(c2ccc(C)cc2)=NO1. The summed E-state index contributed by atoms with van der Waals surface area (Å²) in [5.41, 5.74) is 3.23. The summed E-state index contributed by atoms with van der Waals surface area (Å²) in [6.45, 7) is 5.00. The molecule has 1 aliphatic rings. The van der Waals surface area contributed by atoms with E-state index in [1.165, 1.54) is 24.8 Å². The molecule has 120 valence electrons. The molecule has 4 heteroatoms. The predicted octanol–water partition coefficient (Wildman–Crippen LogP) is 3.57. The molecule has 0 saturated heterocycles. The maximum absolute atomic E-state index is 11.9. The third-order valence-corrected chi connectivity index (χ3v) is 3.88. The zero-order chi connectivity index (χ0) is 15.8. The topological polar surface area (TPSA) is 50.7 Å². The fourth-order valence-corrected chi connectivity index (χ4v) is 2.51. The van der Waals surface area contributed by atoms with Crippen molar-refractivity contribution in [3.8, 4) is 0 Å². The quantitative estimate of drug-likeness (QED) is 0.746. The van der Waals surface area contributed by atoms with Crippen molar-refractivity contribution in [3.63, 3.8) is 0 Å². The Balaban J connectivity index is 1.69. The van der Waals surface area contributed by atoms with Crippen molar-refractivity contribution in [2.45, 2.75) is 58.5 Å². The van der Waals surface area contributed by atoms with Crippen molar-refractivity contribution >= 4 is 11.6 Å². The molecular formula is C18H26N2O2. The van der Waals surface area contributed by atoms with Crippen molar-refractivity contribution in [1.29, 1.82) is 0 Å². The summed E-state index contributed by atoms with van der Waals surface area (Å²) < 4.78 is 0. The number of oxime groups is 1. The van der Waals surface area contributed by atoms with Crippen LogP contribution in [0.3, 0.4) is 0 Å². The molecule has 0 bridgehead atoms. The molecule has 0 fully saturated rings. The Labute approximate surface area is 132 Å². The molecule has 1 N–H and O–H groups in total. The molecule has 2 rings (SSSR count). The third-order valence-electron chi connectivity index (χ3n) is 3.88. The standard InChI is InChI=1S/C18H26N2O2/c1-3-4-5-6-11-19-18(21)13-16-12-17(20-22-16)15-9-7-14(2)8-10-15/h7-10,16H,3-6,11-13H2,1-2H3,(H,19,21). The highest BCUT2D eigenvalue weighted by Gasteiger charge is 2.24. The van der Waals surface area contributed by atoms with Crippen LogP contribution in [0.15, 0.2) is 29.4 Å². The molecule has 0 spiro atoms. The Bertz CT molecular complexity index is 508. The number of aryl methyl sites for hydroxylation is 1. The fraction of sp³-hybridized carbons (Fsp3) is 0.556.